The molecule has 0 bridgehead atoms. The smallest absolute Gasteiger partial charge is 0.280 e. The Morgan fingerprint density at radius 2 is 2.28 bits per heavy atom. The van der Waals surface area contributed by atoms with Crippen molar-refractivity contribution in [2.24, 2.45) is 0 Å². The molecule has 10 heteroatoms. The Morgan fingerprint density at radius 1 is 1.44 bits per heavy atom. The van der Waals surface area contributed by atoms with E-state index in [0.717, 1.165) is 0 Å². The summed E-state index contributed by atoms with van der Waals surface area (Å²) in [5.41, 5.74) is -0.315. The second kappa shape index (κ2) is 5.67. The molecule has 0 atom stereocenters. The number of nitrogens with one attached hydrogen (secondary N) is 2. The predicted octanol–water partition coefficient (Wildman–Crippen LogP) is 1.26. The fourth-order valence-corrected chi connectivity index (χ4v) is 1.55. The normalized spacial score (nSPS) is 10.9. The number of nitrogens with zero attached hydrogens (tertiary/aromatic N) is 5. The van der Waals surface area contributed by atoms with Crippen molar-refractivity contribution in [3.05, 3.63) is 17.6 Å². The first-order valence-electron chi connectivity index (χ1n) is 4.86. The molecule has 2 rings (SSSR count). The first kappa shape index (κ1) is 12.6. The first-order valence-corrected chi connectivity index (χ1v) is 6.09. The van der Waals surface area contributed by atoms with Crippen molar-refractivity contribution < 1.29 is 8.78 Å². The standard InChI is InChI=1S/C8H9F2N7S/c1-18-8-12-4(7(9)10)2-5(13-8)11-3-6-14-16-17-15-6/h2,7H,3H2,1H3,(H,11,12,13)(H,14,15,16,17). The highest BCUT2D eigenvalue weighted by Crippen LogP contribution is 2.22. The minimum absolute atomic E-state index is 0.240. The van der Waals surface area contributed by atoms with Gasteiger partial charge in [0.15, 0.2) is 11.0 Å². The lowest BCUT2D eigenvalue weighted by Gasteiger charge is -2.07. The first-order chi connectivity index (χ1) is 8.69. The molecule has 96 valence electrons. The zero-order valence-corrected chi connectivity index (χ0v) is 10.1. The predicted molar refractivity (Wildman–Crippen MR) is 60.3 cm³/mol. The van der Waals surface area contributed by atoms with Crippen LogP contribution >= 0.6 is 11.8 Å². The number of hydrogen-bond acceptors (Lipinski definition) is 7. The molecule has 2 heterocycles. The van der Waals surface area contributed by atoms with Gasteiger partial charge in [-0.05, 0) is 6.26 Å². The maximum Gasteiger partial charge on any atom is 0.280 e. The summed E-state index contributed by atoms with van der Waals surface area (Å²) in [5.74, 6) is 0.715. The molecule has 0 aliphatic rings. The summed E-state index contributed by atoms with van der Waals surface area (Å²) in [6.45, 7) is 0.240. The molecule has 0 amide bonds. The molecule has 0 saturated heterocycles. The number of tetrazole rings is 1. The summed E-state index contributed by atoms with van der Waals surface area (Å²) in [6, 6.07) is 1.20. The number of hydrogen-bond donors (Lipinski definition) is 2. The average Bonchev–Trinajstić information content (AvgIpc) is 2.89. The van der Waals surface area contributed by atoms with E-state index in [-0.39, 0.29) is 17.4 Å². The van der Waals surface area contributed by atoms with Crippen LogP contribution in [0.2, 0.25) is 0 Å². The minimum atomic E-state index is -2.63. The Bertz CT molecular complexity index is 504. The molecule has 0 unspecified atom stereocenters. The summed E-state index contributed by atoms with van der Waals surface area (Å²) in [4.78, 5) is 7.76. The van der Waals surface area contributed by atoms with Crippen molar-refractivity contribution in [3.8, 4) is 0 Å². The highest BCUT2D eigenvalue weighted by atomic mass is 32.2. The van der Waals surface area contributed by atoms with Gasteiger partial charge in [0.05, 0.1) is 6.54 Å². The molecule has 0 aliphatic carbocycles. The van der Waals surface area contributed by atoms with Gasteiger partial charge in [-0.15, -0.1) is 10.2 Å². The van der Waals surface area contributed by atoms with Gasteiger partial charge in [0, 0.05) is 6.07 Å². The van der Waals surface area contributed by atoms with Gasteiger partial charge in [0.1, 0.15) is 11.5 Å². The Labute approximate surface area is 105 Å². The van der Waals surface area contributed by atoms with Gasteiger partial charge in [-0.25, -0.2) is 18.7 Å². The van der Waals surface area contributed by atoms with Crippen LogP contribution in [0.5, 0.6) is 0 Å². The topological polar surface area (TPSA) is 92.3 Å². The zero-order chi connectivity index (χ0) is 13.0. The SMILES string of the molecule is CSc1nc(NCc2nn[nH]n2)cc(C(F)F)n1. The Balaban J connectivity index is 2.13. The second-order valence-corrected chi connectivity index (χ2v) is 3.92. The van der Waals surface area contributed by atoms with Gasteiger partial charge in [0.2, 0.25) is 0 Å². The van der Waals surface area contributed by atoms with E-state index < -0.39 is 6.43 Å². The Hall–Kier alpha value is -1.84. The average molecular weight is 273 g/mol. The lowest BCUT2D eigenvalue weighted by atomic mass is 10.4. The number of alkyl halides is 2. The van der Waals surface area contributed by atoms with Crippen LogP contribution in [0, 0.1) is 0 Å². The molecular weight excluding hydrogens is 264 g/mol. The number of thioether (sulfide) groups is 1. The van der Waals surface area contributed by atoms with Crippen molar-refractivity contribution in [2.45, 2.75) is 18.1 Å². The monoisotopic (exact) mass is 273 g/mol. The fourth-order valence-electron chi connectivity index (χ4n) is 1.16. The third kappa shape index (κ3) is 3.09. The third-order valence-electron chi connectivity index (χ3n) is 1.95. The fraction of sp³-hybridized carbons (Fsp3) is 0.375. The number of aromatic nitrogens is 6. The number of anilines is 1. The summed E-state index contributed by atoms with van der Waals surface area (Å²) >= 11 is 1.19. The van der Waals surface area contributed by atoms with Crippen LogP contribution in [-0.4, -0.2) is 36.8 Å². The van der Waals surface area contributed by atoms with Crippen LogP contribution in [0.3, 0.4) is 0 Å². The van der Waals surface area contributed by atoms with E-state index in [1.807, 2.05) is 0 Å². The Kier molecular flexibility index (Phi) is 3.97. The van der Waals surface area contributed by atoms with Gasteiger partial charge in [-0.1, -0.05) is 17.0 Å². The van der Waals surface area contributed by atoms with Gasteiger partial charge in [0.25, 0.3) is 6.43 Å². The van der Waals surface area contributed by atoms with Crippen molar-refractivity contribution in [2.75, 3.05) is 11.6 Å². The molecule has 0 spiro atoms. The van der Waals surface area contributed by atoms with Crippen molar-refractivity contribution >= 4 is 17.6 Å². The van der Waals surface area contributed by atoms with E-state index in [9.17, 15) is 8.78 Å². The quantitative estimate of drug-likeness (QED) is 0.625. The molecule has 2 aromatic rings. The molecule has 0 aliphatic heterocycles. The molecule has 0 saturated carbocycles. The summed E-state index contributed by atoms with van der Waals surface area (Å²) < 4.78 is 25.2. The van der Waals surface area contributed by atoms with Crippen LogP contribution in [-0.2, 0) is 6.54 Å². The molecule has 0 radical (unpaired) electrons. The molecule has 18 heavy (non-hydrogen) atoms. The van der Waals surface area contributed by atoms with Crippen LogP contribution in [0.1, 0.15) is 17.9 Å². The molecule has 0 fully saturated rings. The van der Waals surface area contributed by atoms with Crippen molar-refractivity contribution in [1.29, 1.82) is 0 Å². The van der Waals surface area contributed by atoms with Gasteiger partial charge in [-0.3, -0.25) is 0 Å². The molecular formula is C8H9F2N7S. The van der Waals surface area contributed by atoms with Crippen molar-refractivity contribution in [1.82, 2.24) is 30.6 Å². The molecule has 2 aromatic heterocycles. The van der Waals surface area contributed by atoms with Crippen molar-refractivity contribution in [3.63, 3.8) is 0 Å². The van der Waals surface area contributed by atoms with E-state index in [1.165, 1.54) is 17.8 Å². The van der Waals surface area contributed by atoms with Crippen LogP contribution in [0.4, 0.5) is 14.6 Å². The number of aromatic amines is 1. The van der Waals surface area contributed by atoms with E-state index in [0.29, 0.717) is 11.6 Å². The number of rotatable bonds is 5. The van der Waals surface area contributed by atoms with E-state index >= 15 is 0 Å². The van der Waals surface area contributed by atoms with Gasteiger partial charge in [-0.2, -0.15) is 5.21 Å². The lowest BCUT2D eigenvalue weighted by Crippen LogP contribution is -2.06. The Morgan fingerprint density at radius 3 is 2.89 bits per heavy atom. The molecule has 7 nitrogen and oxygen atoms in total. The summed E-state index contributed by atoms with van der Waals surface area (Å²) in [6.07, 6.45) is -0.919. The number of halogens is 2. The zero-order valence-electron chi connectivity index (χ0n) is 9.26. The van der Waals surface area contributed by atoms with E-state index in [2.05, 4.69) is 35.9 Å². The maximum absolute atomic E-state index is 12.6. The highest BCUT2D eigenvalue weighted by molar-refractivity contribution is 7.98. The maximum atomic E-state index is 12.6. The van der Waals surface area contributed by atoms with E-state index in [4.69, 9.17) is 0 Å². The van der Waals surface area contributed by atoms with E-state index in [1.54, 1.807) is 6.26 Å². The van der Waals surface area contributed by atoms with Gasteiger partial charge < -0.3 is 5.32 Å². The summed E-state index contributed by atoms with van der Waals surface area (Å²) in [5, 5.41) is 16.2. The van der Waals surface area contributed by atoms with Gasteiger partial charge >= 0.3 is 0 Å². The largest absolute Gasteiger partial charge is 0.362 e. The third-order valence-corrected chi connectivity index (χ3v) is 2.50. The number of H-pyrrole nitrogens is 1. The summed E-state index contributed by atoms with van der Waals surface area (Å²) in [7, 11) is 0. The van der Waals surface area contributed by atoms with Crippen LogP contribution < -0.4 is 5.32 Å². The highest BCUT2D eigenvalue weighted by Gasteiger charge is 2.13. The molecule has 2 N–H and O–H groups in total. The minimum Gasteiger partial charge on any atom is -0.362 e. The van der Waals surface area contributed by atoms with Crippen LogP contribution in [0.15, 0.2) is 11.2 Å². The van der Waals surface area contributed by atoms with Crippen LogP contribution in [0.25, 0.3) is 0 Å². The second-order valence-electron chi connectivity index (χ2n) is 3.15. The lowest BCUT2D eigenvalue weighted by molar-refractivity contribution is 0.145. The molecule has 0 aromatic carbocycles.